The standard InChI is InChI=1S/C14H13N3S/c1-3-9-18-13-10(2)15-14-16-11-7-5-4-6-8-12(11)17(13)14/h3-8H,1,9H2,2H3. The Hall–Kier alpha value is -1.81. The fourth-order valence-corrected chi connectivity index (χ4v) is 2.86. The molecule has 0 fully saturated rings. The van der Waals surface area contributed by atoms with Crippen LogP contribution in [0, 0.1) is 6.92 Å². The first-order valence-electron chi connectivity index (χ1n) is 5.79. The van der Waals surface area contributed by atoms with Crippen molar-refractivity contribution in [1.29, 1.82) is 0 Å². The van der Waals surface area contributed by atoms with Gasteiger partial charge in [0.1, 0.15) is 5.03 Å². The van der Waals surface area contributed by atoms with E-state index in [9.17, 15) is 0 Å². The topological polar surface area (TPSA) is 30.2 Å². The van der Waals surface area contributed by atoms with Crippen molar-refractivity contribution in [2.24, 2.45) is 0 Å². The third-order valence-electron chi connectivity index (χ3n) is 2.77. The summed E-state index contributed by atoms with van der Waals surface area (Å²) in [6.45, 7) is 5.79. The van der Waals surface area contributed by atoms with E-state index in [0.717, 1.165) is 33.3 Å². The van der Waals surface area contributed by atoms with E-state index in [4.69, 9.17) is 0 Å². The second kappa shape index (κ2) is 4.46. The number of aromatic nitrogens is 3. The lowest BCUT2D eigenvalue weighted by atomic mass is 10.4. The number of hydrogen-bond acceptors (Lipinski definition) is 3. The van der Waals surface area contributed by atoms with Crippen LogP contribution < -0.4 is 0 Å². The van der Waals surface area contributed by atoms with Crippen molar-refractivity contribution in [3.63, 3.8) is 0 Å². The maximum Gasteiger partial charge on any atom is 0.236 e. The van der Waals surface area contributed by atoms with E-state index >= 15 is 0 Å². The molecule has 1 aromatic carbocycles. The van der Waals surface area contributed by atoms with Crippen LogP contribution in [-0.4, -0.2) is 20.1 Å². The van der Waals surface area contributed by atoms with E-state index in [-0.39, 0.29) is 0 Å². The number of imidazole rings is 2. The van der Waals surface area contributed by atoms with E-state index in [1.54, 1.807) is 11.8 Å². The van der Waals surface area contributed by atoms with Crippen LogP contribution in [0.1, 0.15) is 5.69 Å². The average molecular weight is 255 g/mol. The lowest BCUT2D eigenvalue weighted by Gasteiger charge is -1.98. The highest BCUT2D eigenvalue weighted by Gasteiger charge is 2.13. The SMILES string of the molecule is C=CCSc1c(C)nc2nc3cccccc3n12. The molecule has 0 saturated heterocycles. The first-order valence-corrected chi connectivity index (χ1v) is 6.77. The molecule has 0 saturated carbocycles. The minimum absolute atomic E-state index is 0.778. The van der Waals surface area contributed by atoms with Crippen molar-refractivity contribution < 1.29 is 0 Å². The predicted molar refractivity (Wildman–Crippen MR) is 76.2 cm³/mol. The van der Waals surface area contributed by atoms with Gasteiger partial charge in [0.15, 0.2) is 0 Å². The van der Waals surface area contributed by atoms with Crippen LogP contribution in [0.3, 0.4) is 0 Å². The zero-order chi connectivity index (χ0) is 12.5. The molecule has 0 amide bonds. The van der Waals surface area contributed by atoms with Gasteiger partial charge in [-0.15, -0.1) is 18.3 Å². The van der Waals surface area contributed by atoms with Crippen molar-refractivity contribution in [2.75, 3.05) is 5.75 Å². The summed E-state index contributed by atoms with van der Waals surface area (Å²) in [5, 5.41) is 1.15. The molecule has 0 unspecified atom stereocenters. The van der Waals surface area contributed by atoms with Gasteiger partial charge in [0.25, 0.3) is 0 Å². The van der Waals surface area contributed by atoms with E-state index in [2.05, 4.69) is 27.0 Å². The average Bonchev–Trinajstić information content (AvgIpc) is 2.72. The van der Waals surface area contributed by atoms with Gasteiger partial charge >= 0.3 is 0 Å². The number of nitrogens with zero attached hydrogens (tertiary/aromatic N) is 3. The van der Waals surface area contributed by atoms with Gasteiger partial charge in [-0.25, -0.2) is 9.97 Å². The molecule has 0 atom stereocenters. The van der Waals surface area contributed by atoms with E-state index in [0.29, 0.717) is 0 Å². The summed E-state index contributed by atoms with van der Waals surface area (Å²) >= 11 is 1.74. The van der Waals surface area contributed by atoms with E-state index in [1.165, 1.54) is 0 Å². The quantitative estimate of drug-likeness (QED) is 0.530. The second-order valence-corrected chi connectivity index (χ2v) is 5.04. The molecule has 90 valence electrons. The molecule has 0 spiro atoms. The lowest BCUT2D eigenvalue weighted by Crippen LogP contribution is -1.85. The van der Waals surface area contributed by atoms with Gasteiger partial charge in [0.2, 0.25) is 5.78 Å². The minimum atomic E-state index is 0.778. The Balaban J connectivity index is 2.34. The molecule has 0 N–H and O–H groups in total. The predicted octanol–water partition coefficient (Wildman–Crippen LogP) is 3.47. The summed E-state index contributed by atoms with van der Waals surface area (Å²) in [6.07, 6.45) is 1.90. The van der Waals surface area contributed by atoms with Crippen LogP contribution in [-0.2, 0) is 0 Å². The van der Waals surface area contributed by atoms with Crippen LogP contribution in [0.25, 0.3) is 16.8 Å². The summed E-state index contributed by atoms with van der Waals surface area (Å²) in [6, 6.07) is 10.1. The maximum atomic E-state index is 4.56. The monoisotopic (exact) mass is 255 g/mol. The second-order valence-electron chi connectivity index (χ2n) is 4.03. The molecular weight excluding hydrogens is 242 g/mol. The van der Waals surface area contributed by atoms with Crippen molar-refractivity contribution in [1.82, 2.24) is 14.4 Å². The molecule has 0 aliphatic rings. The van der Waals surface area contributed by atoms with Crippen LogP contribution in [0.4, 0.5) is 0 Å². The molecule has 4 heteroatoms. The van der Waals surface area contributed by atoms with Crippen molar-refractivity contribution >= 4 is 28.6 Å². The maximum absolute atomic E-state index is 4.56. The third kappa shape index (κ3) is 1.69. The van der Waals surface area contributed by atoms with Gasteiger partial charge in [-0.05, 0) is 19.1 Å². The molecule has 3 aromatic rings. The number of hydrogen-bond donors (Lipinski definition) is 0. The summed E-state index contributed by atoms with van der Waals surface area (Å²) in [5.74, 6) is 1.65. The molecule has 0 aliphatic heterocycles. The zero-order valence-corrected chi connectivity index (χ0v) is 10.9. The van der Waals surface area contributed by atoms with Gasteiger partial charge in [-0.3, -0.25) is 4.40 Å². The van der Waals surface area contributed by atoms with Crippen LogP contribution in [0.5, 0.6) is 0 Å². The number of rotatable bonds is 3. The number of aryl methyl sites for hydroxylation is 1. The molecule has 3 nitrogen and oxygen atoms in total. The van der Waals surface area contributed by atoms with Crippen molar-refractivity contribution in [3.05, 3.63) is 48.7 Å². The summed E-state index contributed by atoms with van der Waals surface area (Å²) in [5.41, 5.74) is 3.10. The lowest BCUT2D eigenvalue weighted by molar-refractivity contribution is 1.07. The van der Waals surface area contributed by atoms with Crippen molar-refractivity contribution in [2.45, 2.75) is 11.9 Å². The Labute approximate surface area is 110 Å². The Bertz CT molecular complexity index is 730. The Kier molecular flexibility index (Phi) is 2.80. The van der Waals surface area contributed by atoms with Crippen LogP contribution in [0.2, 0.25) is 0 Å². The number of thioether (sulfide) groups is 1. The normalized spacial score (nSPS) is 11.2. The zero-order valence-electron chi connectivity index (χ0n) is 10.1. The van der Waals surface area contributed by atoms with E-state index in [1.807, 2.05) is 37.3 Å². The first-order chi connectivity index (χ1) is 8.81. The largest absolute Gasteiger partial charge is 0.269 e. The summed E-state index contributed by atoms with van der Waals surface area (Å²) < 4.78 is 2.12. The van der Waals surface area contributed by atoms with Crippen LogP contribution in [0.15, 0.2) is 48.0 Å². The van der Waals surface area contributed by atoms with Gasteiger partial charge in [0.05, 0.1) is 16.7 Å². The highest BCUT2D eigenvalue weighted by Crippen LogP contribution is 2.27. The molecule has 0 bridgehead atoms. The molecular formula is C14H13N3S. The highest BCUT2D eigenvalue weighted by atomic mass is 32.2. The number of fused-ring (bicyclic) bond motifs is 3. The van der Waals surface area contributed by atoms with Gasteiger partial charge in [-0.1, -0.05) is 24.3 Å². The van der Waals surface area contributed by atoms with Crippen molar-refractivity contribution in [3.8, 4) is 0 Å². The smallest absolute Gasteiger partial charge is 0.236 e. The van der Waals surface area contributed by atoms with Gasteiger partial charge < -0.3 is 0 Å². The van der Waals surface area contributed by atoms with Crippen LogP contribution >= 0.6 is 11.8 Å². The van der Waals surface area contributed by atoms with E-state index < -0.39 is 0 Å². The molecule has 0 radical (unpaired) electrons. The Morgan fingerprint density at radius 1 is 1.28 bits per heavy atom. The summed E-state index contributed by atoms with van der Waals surface area (Å²) in [7, 11) is 0. The first kappa shape index (κ1) is 11.3. The molecule has 18 heavy (non-hydrogen) atoms. The fraction of sp³-hybridized carbons (Fsp3) is 0.143. The Morgan fingerprint density at radius 2 is 2.11 bits per heavy atom. The van der Waals surface area contributed by atoms with Gasteiger partial charge in [-0.2, -0.15) is 0 Å². The molecule has 2 aromatic heterocycles. The minimum Gasteiger partial charge on any atom is -0.269 e. The molecule has 2 heterocycles. The Morgan fingerprint density at radius 3 is 2.94 bits per heavy atom. The highest BCUT2D eigenvalue weighted by molar-refractivity contribution is 7.99. The third-order valence-corrected chi connectivity index (χ3v) is 3.93. The molecule has 3 rings (SSSR count). The fourth-order valence-electron chi connectivity index (χ4n) is 2.02. The van der Waals surface area contributed by atoms with Gasteiger partial charge in [0, 0.05) is 5.75 Å². The molecule has 0 aliphatic carbocycles. The summed E-state index contributed by atoms with van der Waals surface area (Å²) in [4.78, 5) is 9.08.